The molecule has 0 saturated carbocycles. The highest BCUT2D eigenvalue weighted by Crippen LogP contribution is 2.36. The van der Waals surface area contributed by atoms with E-state index in [1.807, 2.05) is 5.32 Å². The standard InChI is InChI=1S/C21H28F3N3O5/c1-6-7-15(27-17(29)21(22,23)24)20(25,18(30)32-19(3,4)5)12-8-9-14-13(10-12)26-16(28)11(2)31-14/h8-11,15H,6-7,25H2,1-5H3,(H,26,28)(H,27,29). The van der Waals surface area contributed by atoms with Crippen molar-refractivity contribution in [2.45, 2.75) is 76.9 Å². The minimum absolute atomic E-state index is 0.0462. The first kappa shape index (κ1) is 25.4. The summed E-state index contributed by atoms with van der Waals surface area (Å²) in [5.41, 5.74) is 3.52. The van der Waals surface area contributed by atoms with Crippen LogP contribution in [0.2, 0.25) is 0 Å². The van der Waals surface area contributed by atoms with E-state index < -0.39 is 47.2 Å². The molecule has 0 radical (unpaired) electrons. The monoisotopic (exact) mass is 459 g/mol. The summed E-state index contributed by atoms with van der Waals surface area (Å²) in [5, 5.41) is 4.46. The molecule has 0 saturated heterocycles. The molecule has 0 bridgehead atoms. The maximum Gasteiger partial charge on any atom is 0.471 e. The molecule has 0 fully saturated rings. The fourth-order valence-corrected chi connectivity index (χ4v) is 3.23. The second-order valence-electron chi connectivity index (χ2n) is 8.64. The number of hydrogen-bond acceptors (Lipinski definition) is 6. The van der Waals surface area contributed by atoms with Gasteiger partial charge in [-0.2, -0.15) is 13.2 Å². The van der Waals surface area contributed by atoms with Gasteiger partial charge in [-0.25, -0.2) is 4.79 Å². The van der Waals surface area contributed by atoms with Gasteiger partial charge in [-0.1, -0.05) is 19.4 Å². The summed E-state index contributed by atoms with van der Waals surface area (Å²) in [6.07, 6.45) is -5.66. The number of anilines is 1. The van der Waals surface area contributed by atoms with Crippen molar-refractivity contribution >= 4 is 23.5 Å². The predicted molar refractivity (Wildman–Crippen MR) is 110 cm³/mol. The van der Waals surface area contributed by atoms with Crippen LogP contribution in [-0.4, -0.2) is 41.7 Å². The van der Waals surface area contributed by atoms with E-state index in [2.05, 4.69) is 5.32 Å². The molecule has 4 N–H and O–H groups in total. The Labute approximate surface area is 184 Å². The summed E-state index contributed by atoms with van der Waals surface area (Å²) in [6, 6.07) is 2.73. The molecular weight excluding hydrogens is 431 g/mol. The van der Waals surface area contributed by atoms with E-state index in [9.17, 15) is 27.6 Å². The second kappa shape index (κ2) is 8.97. The van der Waals surface area contributed by atoms with Crippen LogP contribution in [0.15, 0.2) is 18.2 Å². The number of ether oxygens (including phenoxy) is 2. The lowest BCUT2D eigenvalue weighted by molar-refractivity contribution is -0.176. The lowest BCUT2D eigenvalue weighted by Gasteiger charge is -2.38. The number of hydrogen-bond donors (Lipinski definition) is 3. The first-order valence-electron chi connectivity index (χ1n) is 10.1. The lowest BCUT2D eigenvalue weighted by atomic mass is 9.80. The van der Waals surface area contributed by atoms with E-state index in [0.717, 1.165) is 0 Å². The van der Waals surface area contributed by atoms with Gasteiger partial charge in [0.25, 0.3) is 5.91 Å². The summed E-state index contributed by atoms with van der Waals surface area (Å²) >= 11 is 0. The average Bonchev–Trinajstić information content (AvgIpc) is 2.65. The molecule has 1 aliphatic heterocycles. The molecule has 2 amide bonds. The lowest BCUT2D eigenvalue weighted by Crippen LogP contribution is -2.63. The van der Waals surface area contributed by atoms with Gasteiger partial charge in [-0.3, -0.25) is 9.59 Å². The highest BCUT2D eigenvalue weighted by molar-refractivity contribution is 5.98. The highest BCUT2D eigenvalue weighted by Gasteiger charge is 2.50. The number of amides is 2. The summed E-state index contributed by atoms with van der Waals surface area (Å²) in [4.78, 5) is 36.9. The van der Waals surface area contributed by atoms with Crippen LogP contribution < -0.4 is 21.1 Å². The van der Waals surface area contributed by atoms with Gasteiger partial charge in [0.2, 0.25) is 0 Å². The number of nitrogens with two attached hydrogens (primary N) is 1. The number of benzene rings is 1. The van der Waals surface area contributed by atoms with Gasteiger partial charge in [0.1, 0.15) is 11.4 Å². The molecule has 3 unspecified atom stereocenters. The Bertz CT molecular complexity index is 898. The number of halogens is 3. The van der Waals surface area contributed by atoms with E-state index in [1.54, 1.807) is 34.6 Å². The van der Waals surface area contributed by atoms with Crippen LogP contribution in [0.25, 0.3) is 0 Å². The van der Waals surface area contributed by atoms with Gasteiger partial charge >= 0.3 is 18.1 Å². The zero-order chi connectivity index (χ0) is 24.5. The van der Waals surface area contributed by atoms with Gasteiger partial charge in [-0.05, 0) is 51.8 Å². The molecule has 1 aliphatic rings. The number of nitrogens with one attached hydrogen (secondary N) is 2. The van der Waals surface area contributed by atoms with Crippen molar-refractivity contribution < 1.29 is 37.0 Å². The molecule has 1 heterocycles. The first-order valence-corrected chi connectivity index (χ1v) is 10.1. The van der Waals surface area contributed by atoms with Crippen LogP contribution in [0, 0.1) is 0 Å². The van der Waals surface area contributed by atoms with Crippen molar-refractivity contribution in [1.82, 2.24) is 5.32 Å². The Morgan fingerprint density at radius 1 is 1.28 bits per heavy atom. The summed E-state index contributed by atoms with van der Waals surface area (Å²) < 4.78 is 49.9. The third-order valence-electron chi connectivity index (χ3n) is 4.81. The highest BCUT2D eigenvalue weighted by atomic mass is 19.4. The Morgan fingerprint density at radius 2 is 1.91 bits per heavy atom. The average molecular weight is 459 g/mol. The normalized spacial score (nSPS) is 19.0. The molecule has 1 aromatic rings. The Balaban J connectivity index is 2.60. The molecule has 178 valence electrons. The maximum absolute atomic E-state index is 13.2. The smallest absolute Gasteiger partial charge is 0.471 e. The topological polar surface area (TPSA) is 120 Å². The zero-order valence-electron chi connectivity index (χ0n) is 18.6. The van der Waals surface area contributed by atoms with Gasteiger partial charge in [0.05, 0.1) is 11.7 Å². The van der Waals surface area contributed by atoms with Crippen LogP contribution in [0.3, 0.4) is 0 Å². The molecule has 0 spiro atoms. The van der Waals surface area contributed by atoms with Crippen molar-refractivity contribution in [2.24, 2.45) is 5.73 Å². The van der Waals surface area contributed by atoms with Crippen molar-refractivity contribution in [3.63, 3.8) is 0 Å². The van der Waals surface area contributed by atoms with E-state index >= 15 is 0 Å². The number of esters is 1. The number of fused-ring (bicyclic) bond motifs is 1. The Hall–Kier alpha value is -2.82. The quantitative estimate of drug-likeness (QED) is 0.563. The van der Waals surface area contributed by atoms with E-state index in [0.29, 0.717) is 12.2 Å². The van der Waals surface area contributed by atoms with Crippen molar-refractivity contribution in [3.8, 4) is 5.75 Å². The third kappa shape index (κ3) is 5.50. The van der Waals surface area contributed by atoms with Gasteiger partial charge < -0.3 is 25.8 Å². The fourth-order valence-electron chi connectivity index (χ4n) is 3.23. The molecular formula is C21H28F3N3O5. The molecule has 3 atom stereocenters. The van der Waals surface area contributed by atoms with Crippen LogP contribution in [-0.2, 0) is 24.7 Å². The number of rotatable bonds is 6. The second-order valence-corrected chi connectivity index (χ2v) is 8.64. The fraction of sp³-hybridized carbons (Fsp3) is 0.571. The molecule has 11 heteroatoms. The van der Waals surface area contributed by atoms with Crippen LogP contribution in [0.4, 0.5) is 18.9 Å². The molecule has 0 aliphatic carbocycles. The molecule has 0 aromatic heterocycles. The predicted octanol–water partition coefficient (Wildman–Crippen LogP) is 2.75. The van der Waals surface area contributed by atoms with E-state index in [4.69, 9.17) is 15.2 Å². The largest absolute Gasteiger partial charge is 0.479 e. The number of carbonyl (C=O) groups is 3. The number of carbonyl (C=O) groups excluding carboxylic acids is 3. The van der Waals surface area contributed by atoms with E-state index in [-0.39, 0.29) is 17.7 Å². The summed E-state index contributed by atoms with van der Waals surface area (Å²) in [5.74, 6) is -3.39. The van der Waals surface area contributed by atoms with Gasteiger partial charge in [0, 0.05) is 0 Å². The van der Waals surface area contributed by atoms with Crippen LogP contribution in [0.1, 0.15) is 53.0 Å². The van der Waals surface area contributed by atoms with E-state index in [1.165, 1.54) is 18.2 Å². The molecule has 32 heavy (non-hydrogen) atoms. The first-order chi connectivity index (χ1) is 14.6. The summed E-state index contributed by atoms with van der Waals surface area (Å²) in [7, 11) is 0. The van der Waals surface area contributed by atoms with Gasteiger partial charge in [-0.15, -0.1) is 0 Å². The molecule has 2 rings (SSSR count). The SMILES string of the molecule is CCCC(NC(=O)C(F)(F)F)C(N)(C(=O)OC(C)(C)C)c1ccc2c(c1)NC(=O)C(C)O2. The minimum atomic E-state index is -5.17. The summed E-state index contributed by atoms with van der Waals surface area (Å²) in [6.45, 7) is 7.96. The zero-order valence-corrected chi connectivity index (χ0v) is 18.6. The molecule has 1 aromatic carbocycles. The Kier molecular flexibility index (Phi) is 7.13. The van der Waals surface area contributed by atoms with Crippen LogP contribution in [0.5, 0.6) is 5.75 Å². The van der Waals surface area contributed by atoms with Crippen molar-refractivity contribution in [3.05, 3.63) is 23.8 Å². The Morgan fingerprint density at radius 3 is 2.44 bits per heavy atom. The number of alkyl halides is 3. The minimum Gasteiger partial charge on any atom is -0.479 e. The maximum atomic E-state index is 13.2. The van der Waals surface area contributed by atoms with Crippen LogP contribution >= 0.6 is 0 Å². The van der Waals surface area contributed by atoms with Gasteiger partial charge in [0.15, 0.2) is 11.6 Å². The van der Waals surface area contributed by atoms with Crippen molar-refractivity contribution in [2.75, 3.05) is 5.32 Å². The van der Waals surface area contributed by atoms with Crippen molar-refractivity contribution in [1.29, 1.82) is 0 Å². The molecule has 8 nitrogen and oxygen atoms in total. The third-order valence-corrected chi connectivity index (χ3v) is 4.81.